The van der Waals surface area contributed by atoms with Crippen LogP contribution in [0.15, 0.2) is 6.20 Å². The van der Waals surface area contributed by atoms with E-state index in [1.807, 2.05) is 0 Å². The number of nitrogens with two attached hydrogens (primary N) is 1. The van der Waals surface area contributed by atoms with Crippen LogP contribution >= 0.6 is 0 Å². The van der Waals surface area contributed by atoms with Gasteiger partial charge in [-0.3, -0.25) is 9.78 Å². The normalized spacial score (nSPS) is 11.3. The van der Waals surface area contributed by atoms with Gasteiger partial charge < -0.3 is 10.5 Å². The highest BCUT2D eigenvalue weighted by Gasteiger charge is 2.33. The van der Waals surface area contributed by atoms with Crippen LogP contribution in [-0.2, 0) is 6.54 Å². The van der Waals surface area contributed by atoms with E-state index >= 15 is 0 Å². The Hall–Kier alpha value is -1.63. The molecule has 88 valence electrons. The second-order valence-electron chi connectivity index (χ2n) is 3.00. The summed E-state index contributed by atoms with van der Waals surface area (Å²) in [6, 6.07) is 0. The Morgan fingerprint density at radius 2 is 2.19 bits per heavy atom. The number of carbonyl (C=O) groups excluding carboxylic acids is 1. The molecule has 0 spiro atoms. The predicted molar refractivity (Wildman–Crippen MR) is 48.9 cm³/mol. The maximum atomic E-state index is 12.1. The van der Waals surface area contributed by atoms with Gasteiger partial charge in [0.2, 0.25) is 0 Å². The molecule has 0 saturated heterocycles. The van der Waals surface area contributed by atoms with E-state index in [0.717, 1.165) is 6.20 Å². The van der Waals surface area contributed by atoms with E-state index in [2.05, 4.69) is 9.72 Å². The van der Waals surface area contributed by atoms with Gasteiger partial charge in [0.1, 0.15) is 11.4 Å². The fourth-order valence-corrected chi connectivity index (χ4v) is 1.21. The van der Waals surface area contributed by atoms with Crippen LogP contribution in [0.25, 0.3) is 0 Å². The summed E-state index contributed by atoms with van der Waals surface area (Å²) in [5.41, 5.74) is 5.24. The molecule has 0 aliphatic rings. The Morgan fingerprint density at radius 1 is 1.56 bits per heavy atom. The number of aldehydes is 1. The predicted octanol–water partition coefficient (Wildman–Crippen LogP) is 1.56. The number of nitrogens with zero attached hydrogens (tertiary/aromatic N) is 1. The molecule has 7 heteroatoms. The molecule has 1 heterocycles. The van der Waals surface area contributed by atoms with Crippen LogP contribution in [-0.4, -0.2) is 17.6 Å². The molecule has 16 heavy (non-hydrogen) atoms. The molecule has 0 saturated carbocycles. The van der Waals surface area contributed by atoms with Gasteiger partial charge in [0.05, 0.1) is 0 Å². The first-order chi connectivity index (χ1) is 7.39. The number of hydrogen-bond acceptors (Lipinski definition) is 4. The number of ether oxygens (including phenoxy) is 1. The van der Waals surface area contributed by atoms with Crippen LogP contribution < -0.4 is 10.5 Å². The Bertz CT molecular complexity index is 404. The first kappa shape index (κ1) is 12.4. The lowest BCUT2D eigenvalue weighted by atomic mass is 10.1. The molecule has 4 nitrogen and oxygen atoms in total. The third kappa shape index (κ3) is 2.69. The number of aryl methyl sites for hydroxylation is 1. The zero-order chi connectivity index (χ0) is 12.3. The Balaban J connectivity index is 3.29. The molecular weight excluding hydrogens is 225 g/mol. The number of carbonyl (C=O) groups is 1. The number of halogens is 3. The second-order valence-corrected chi connectivity index (χ2v) is 3.00. The lowest BCUT2D eigenvalue weighted by Crippen LogP contribution is -2.20. The molecule has 1 aromatic rings. The minimum Gasteiger partial charge on any atom is -0.405 e. The highest BCUT2D eigenvalue weighted by molar-refractivity contribution is 5.76. The summed E-state index contributed by atoms with van der Waals surface area (Å²) >= 11 is 0. The summed E-state index contributed by atoms with van der Waals surface area (Å²) in [5.74, 6) is -0.452. The van der Waals surface area contributed by atoms with Gasteiger partial charge in [-0.2, -0.15) is 0 Å². The zero-order valence-electron chi connectivity index (χ0n) is 8.34. The smallest absolute Gasteiger partial charge is 0.405 e. The lowest BCUT2D eigenvalue weighted by molar-refractivity contribution is -0.275. The summed E-state index contributed by atoms with van der Waals surface area (Å²) in [6.07, 6.45) is -3.36. The van der Waals surface area contributed by atoms with E-state index in [0.29, 0.717) is 6.29 Å². The number of aromatic nitrogens is 1. The quantitative estimate of drug-likeness (QED) is 0.806. The van der Waals surface area contributed by atoms with Crippen molar-refractivity contribution in [3.8, 4) is 5.75 Å². The number of hydrogen-bond donors (Lipinski definition) is 1. The van der Waals surface area contributed by atoms with E-state index in [9.17, 15) is 18.0 Å². The van der Waals surface area contributed by atoms with Gasteiger partial charge >= 0.3 is 6.36 Å². The first-order valence-corrected chi connectivity index (χ1v) is 4.28. The molecule has 0 amide bonds. The lowest BCUT2D eigenvalue weighted by Gasteiger charge is -2.15. The molecule has 0 radical (unpaired) electrons. The fraction of sp³-hybridized carbons (Fsp3) is 0.333. The van der Waals surface area contributed by atoms with Gasteiger partial charge in [-0.05, 0) is 6.92 Å². The van der Waals surface area contributed by atoms with Gasteiger partial charge in [-0.15, -0.1) is 13.2 Å². The molecule has 0 aliphatic carbocycles. The fourth-order valence-electron chi connectivity index (χ4n) is 1.21. The van der Waals surface area contributed by atoms with Crippen LogP contribution in [0.3, 0.4) is 0 Å². The monoisotopic (exact) mass is 234 g/mol. The molecule has 1 rings (SSSR count). The Kier molecular flexibility index (Phi) is 3.48. The van der Waals surface area contributed by atoms with E-state index < -0.39 is 12.1 Å². The summed E-state index contributed by atoms with van der Waals surface area (Å²) < 4.78 is 40.1. The molecule has 0 bridgehead atoms. The average molecular weight is 234 g/mol. The van der Waals surface area contributed by atoms with Crippen LogP contribution in [0.4, 0.5) is 13.2 Å². The van der Waals surface area contributed by atoms with Crippen molar-refractivity contribution in [2.45, 2.75) is 19.8 Å². The molecule has 0 atom stereocenters. The van der Waals surface area contributed by atoms with Gasteiger partial charge in [0.25, 0.3) is 0 Å². The van der Waals surface area contributed by atoms with Crippen molar-refractivity contribution >= 4 is 6.29 Å². The van der Waals surface area contributed by atoms with Crippen molar-refractivity contribution in [1.29, 1.82) is 0 Å². The topological polar surface area (TPSA) is 65.2 Å². The van der Waals surface area contributed by atoms with Crippen LogP contribution in [0.1, 0.15) is 21.6 Å². The molecule has 2 N–H and O–H groups in total. The summed E-state index contributed by atoms with van der Waals surface area (Å²) in [6.45, 7) is 1.13. The van der Waals surface area contributed by atoms with E-state index in [4.69, 9.17) is 5.73 Å². The van der Waals surface area contributed by atoms with Crippen molar-refractivity contribution in [2.75, 3.05) is 0 Å². The Morgan fingerprint density at radius 3 is 2.62 bits per heavy atom. The molecule has 1 aromatic heterocycles. The van der Waals surface area contributed by atoms with E-state index in [1.165, 1.54) is 6.92 Å². The SMILES string of the molecule is Cc1cnc(C=O)c(CN)c1OC(F)(F)F. The van der Waals surface area contributed by atoms with Gasteiger partial charge in [0.15, 0.2) is 6.29 Å². The molecular formula is C9H9F3N2O2. The van der Waals surface area contributed by atoms with Crippen molar-refractivity contribution in [2.24, 2.45) is 5.73 Å². The summed E-state index contributed by atoms with van der Waals surface area (Å²) in [7, 11) is 0. The minimum absolute atomic E-state index is 0.0488. The number of pyridine rings is 1. The van der Waals surface area contributed by atoms with Crippen LogP contribution in [0.5, 0.6) is 5.75 Å². The third-order valence-corrected chi connectivity index (χ3v) is 1.87. The van der Waals surface area contributed by atoms with Gasteiger partial charge in [-0.1, -0.05) is 0 Å². The first-order valence-electron chi connectivity index (χ1n) is 4.28. The highest BCUT2D eigenvalue weighted by atomic mass is 19.4. The maximum absolute atomic E-state index is 12.1. The largest absolute Gasteiger partial charge is 0.573 e. The summed E-state index contributed by atoms with van der Waals surface area (Å²) in [5, 5.41) is 0. The number of alkyl halides is 3. The zero-order valence-corrected chi connectivity index (χ0v) is 8.34. The van der Waals surface area contributed by atoms with Gasteiger partial charge in [0, 0.05) is 23.9 Å². The second kappa shape index (κ2) is 4.48. The van der Waals surface area contributed by atoms with E-state index in [1.54, 1.807) is 0 Å². The van der Waals surface area contributed by atoms with Crippen molar-refractivity contribution < 1.29 is 22.7 Å². The van der Waals surface area contributed by atoms with E-state index in [-0.39, 0.29) is 23.4 Å². The van der Waals surface area contributed by atoms with Crippen LogP contribution in [0.2, 0.25) is 0 Å². The van der Waals surface area contributed by atoms with Crippen molar-refractivity contribution in [3.05, 3.63) is 23.0 Å². The Labute approximate surface area is 89.2 Å². The molecule has 0 aliphatic heterocycles. The van der Waals surface area contributed by atoms with Crippen molar-refractivity contribution in [1.82, 2.24) is 4.98 Å². The summed E-state index contributed by atoms with van der Waals surface area (Å²) in [4.78, 5) is 14.2. The van der Waals surface area contributed by atoms with Gasteiger partial charge in [-0.25, -0.2) is 0 Å². The average Bonchev–Trinajstić information content (AvgIpc) is 2.19. The van der Waals surface area contributed by atoms with Crippen LogP contribution in [0, 0.1) is 6.92 Å². The minimum atomic E-state index is -4.82. The van der Waals surface area contributed by atoms with Crippen molar-refractivity contribution in [3.63, 3.8) is 0 Å². The third-order valence-electron chi connectivity index (χ3n) is 1.87. The molecule has 0 aromatic carbocycles. The standard InChI is InChI=1S/C9H9F3N2O2/c1-5-3-14-7(4-15)6(2-13)8(5)16-9(10,11)12/h3-4H,2,13H2,1H3. The number of rotatable bonds is 3. The molecule has 0 fully saturated rings. The highest BCUT2D eigenvalue weighted by Crippen LogP contribution is 2.30. The maximum Gasteiger partial charge on any atom is 0.573 e. The molecule has 0 unspecified atom stereocenters.